The van der Waals surface area contributed by atoms with Crippen molar-refractivity contribution in [3.63, 3.8) is 0 Å². The van der Waals surface area contributed by atoms with E-state index >= 15 is 0 Å². The molecule has 2 atom stereocenters. The number of benzene rings is 1. The summed E-state index contributed by atoms with van der Waals surface area (Å²) in [4.78, 5) is 12.4. The smallest absolute Gasteiger partial charge is 0.150 e. The lowest BCUT2D eigenvalue weighted by atomic mass is 9.70. The summed E-state index contributed by atoms with van der Waals surface area (Å²) in [6, 6.07) is 7.28. The van der Waals surface area contributed by atoms with Gasteiger partial charge in [0.1, 0.15) is 5.78 Å². The van der Waals surface area contributed by atoms with Gasteiger partial charge >= 0.3 is 0 Å². The molecule has 0 aliphatic heterocycles. The molecule has 2 rings (SSSR count). The molecular formula is C14H17ClO3S. The largest absolute Gasteiger partial charge is 0.299 e. The van der Waals surface area contributed by atoms with Crippen LogP contribution < -0.4 is 0 Å². The zero-order valence-electron chi connectivity index (χ0n) is 11.0. The van der Waals surface area contributed by atoms with Gasteiger partial charge in [-0.25, -0.2) is 8.42 Å². The molecule has 1 fully saturated rings. The highest BCUT2D eigenvalue weighted by Gasteiger charge is 2.43. The molecule has 0 radical (unpaired) electrons. The third-order valence-electron chi connectivity index (χ3n) is 4.07. The van der Waals surface area contributed by atoms with Crippen molar-refractivity contribution < 1.29 is 13.2 Å². The maximum absolute atomic E-state index is 12.4. The minimum atomic E-state index is -3.16. The molecule has 1 aromatic carbocycles. The zero-order valence-corrected chi connectivity index (χ0v) is 12.6. The first-order chi connectivity index (χ1) is 8.75. The molecule has 1 saturated carbocycles. The summed E-state index contributed by atoms with van der Waals surface area (Å²) in [6.07, 6.45) is 2.31. The van der Waals surface area contributed by atoms with Crippen LogP contribution in [0.2, 0.25) is 5.02 Å². The fourth-order valence-corrected chi connectivity index (χ4v) is 4.03. The van der Waals surface area contributed by atoms with Gasteiger partial charge in [0.25, 0.3) is 0 Å². The summed E-state index contributed by atoms with van der Waals surface area (Å²) in [6.45, 7) is 1.86. The molecule has 0 amide bonds. The Bertz CT molecular complexity index is 609. The topological polar surface area (TPSA) is 51.2 Å². The summed E-state index contributed by atoms with van der Waals surface area (Å²) < 4.78 is 23.1. The Balaban J connectivity index is 2.34. The molecule has 19 heavy (non-hydrogen) atoms. The molecular weight excluding hydrogens is 284 g/mol. The molecule has 5 heteroatoms. The SMILES string of the molecule is CC1(c2ccccc2Cl)CCC(S(C)(=O)=O)CC1=O. The summed E-state index contributed by atoms with van der Waals surface area (Å²) in [5, 5.41) is 0.0201. The lowest BCUT2D eigenvalue weighted by Crippen LogP contribution is -2.42. The minimum absolute atomic E-state index is 0.0396. The van der Waals surface area contributed by atoms with Crippen LogP contribution in [0.25, 0.3) is 0 Å². The first-order valence-electron chi connectivity index (χ1n) is 6.22. The predicted molar refractivity (Wildman–Crippen MR) is 76.3 cm³/mol. The van der Waals surface area contributed by atoms with Crippen LogP contribution in [-0.2, 0) is 20.0 Å². The highest BCUT2D eigenvalue weighted by atomic mass is 35.5. The van der Waals surface area contributed by atoms with Crippen LogP contribution >= 0.6 is 11.6 Å². The van der Waals surface area contributed by atoms with Crippen LogP contribution in [0.1, 0.15) is 31.7 Å². The first-order valence-corrected chi connectivity index (χ1v) is 8.55. The maximum atomic E-state index is 12.4. The van der Waals surface area contributed by atoms with Gasteiger partial charge < -0.3 is 0 Å². The number of rotatable bonds is 2. The van der Waals surface area contributed by atoms with Crippen molar-refractivity contribution in [3.05, 3.63) is 34.9 Å². The van der Waals surface area contributed by atoms with Crippen molar-refractivity contribution in [1.29, 1.82) is 0 Å². The Hall–Kier alpha value is -0.870. The van der Waals surface area contributed by atoms with Gasteiger partial charge in [0.05, 0.1) is 10.7 Å². The number of hydrogen-bond acceptors (Lipinski definition) is 3. The maximum Gasteiger partial charge on any atom is 0.150 e. The molecule has 1 aliphatic carbocycles. The molecule has 0 bridgehead atoms. The van der Waals surface area contributed by atoms with Gasteiger partial charge in [-0.3, -0.25) is 4.79 Å². The summed E-state index contributed by atoms with van der Waals surface area (Å²) in [7, 11) is -3.16. The molecule has 0 N–H and O–H groups in total. The van der Waals surface area contributed by atoms with Crippen molar-refractivity contribution in [2.75, 3.05) is 6.26 Å². The van der Waals surface area contributed by atoms with Gasteiger partial charge in [0, 0.05) is 17.7 Å². The van der Waals surface area contributed by atoms with Crippen LogP contribution in [0, 0.1) is 0 Å². The Kier molecular flexibility index (Phi) is 3.76. The van der Waals surface area contributed by atoms with Crippen molar-refractivity contribution in [3.8, 4) is 0 Å². The Morgan fingerprint density at radius 3 is 2.47 bits per heavy atom. The fraction of sp³-hybridized carbons (Fsp3) is 0.500. The number of carbonyl (C=O) groups excluding carboxylic acids is 1. The van der Waals surface area contributed by atoms with E-state index in [0.29, 0.717) is 17.9 Å². The van der Waals surface area contributed by atoms with E-state index in [1.165, 1.54) is 6.26 Å². The van der Waals surface area contributed by atoms with Crippen molar-refractivity contribution in [1.82, 2.24) is 0 Å². The van der Waals surface area contributed by atoms with Crippen molar-refractivity contribution >= 4 is 27.2 Å². The van der Waals surface area contributed by atoms with Crippen LogP contribution in [0.3, 0.4) is 0 Å². The summed E-state index contributed by atoms with van der Waals surface area (Å²) in [5.41, 5.74) is 0.133. The Labute approximate surface area is 118 Å². The second kappa shape index (κ2) is 4.91. The number of sulfone groups is 1. The van der Waals surface area contributed by atoms with E-state index in [9.17, 15) is 13.2 Å². The van der Waals surface area contributed by atoms with E-state index in [-0.39, 0.29) is 12.2 Å². The lowest BCUT2D eigenvalue weighted by Gasteiger charge is -2.36. The van der Waals surface area contributed by atoms with Gasteiger partial charge in [-0.1, -0.05) is 29.8 Å². The van der Waals surface area contributed by atoms with Crippen LogP contribution in [0.5, 0.6) is 0 Å². The van der Waals surface area contributed by atoms with E-state index in [1.807, 2.05) is 25.1 Å². The number of hydrogen-bond donors (Lipinski definition) is 0. The number of Topliss-reactive ketones (excluding diaryl/α,β-unsaturated/α-hetero) is 1. The number of ketones is 1. The average molecular weight is 301 g/mol. The van der Waals surface area contributed by atoms with E-state index < -0.39 is 20.5 Å². The third kappa shape index (κ3) is 2.70. The van der Waals surface area contributed by atoms with Gasteiger partial charge in [0.15, 0.2) is 9.84 Å². The standard InChI is InChI=1S/C14H17ClO3S/c1-14(11-5-3-4-6-12(11)15)8-7-10(9-13(14)16)19(2,17)18/h3-6,10H,7-9H2,1-2H3. The van der Waals surface area contributed by atoms with Gasteiger partial charge in [-0.2, -0.15) is 0 Å². The minimum Gasteiger partial charge on any atom is -0.299 e. The summed E-state index contributed by atoms with van der Waals surface area (Å²) >= 11 is 6.17. The van der Waals surface area contributed by atoms with Gasteiger partial charge in [-0.15, -0.1) is 0 Å². The third-order valence-corrected chi connectivity index (χ3v) is 6.01. The normalized spacial score (nSPS) is 28.4. The molecule has 104 valence electrons. The van der Waals surface area contributed by atoms with Gasteiger partial charge in [-0.05, 0) is 31.4 Å². The second-order valence-electron chi connectivity index (χ2n) is 5.43. The number of halogens is 1. The average Bonchev–Trinajstić information content (AvgIpc) is 2.32. The molecule has 0 saturated heterocycles. The van der Waals surface area contributed by atoms with Crippen LogP contribution in [0.15, 0.2) is 24.3 Å². The van der Waals surface area contributed by atoms with E-state index in [4.69, 9.17) is 11.6 Å². The Morgan fingerprint density at radius 2 is 1.95 bits per heavy atom. The predicted octanol–water partition coefficient (Wildman–Crippen LogP) is 2.76. The highest BCUT2D eigenvalue weighted by Crippen LogP contribution is 2.40. The lowest BCUT2D eigenvalue weighted by molar-refractivity contribution is -0.125. The quantitative estimate of drug-likeness (QED) is 0.844. The van der Waals surface area contributed by atoms with E-state index in [2.05, 4.69) is 0 Å². The van der Waals surface area contributed by atoms with Crippen molar-refractivity contribution in [2.24, 2.45) is 0 Å². The Morgan fingerprint density at radius 1 is 1.32 bits per heavy atom. The van der Waals surface area contributed by atoms with E-state index in [1.54, 1.807) is 6.07 Å². The summed E-state index contributed by atoms with van der Waals surface area (Å²) in [5.74, 6) is -0.0396. The fourth-order valence-electron chi connectivity index (χ4n) is 2.68. The molecule has 1 aliphatic rings. The monoisotopic (exact) mass is 300 g/mol. The first kappa shape index (κ1) is 14.5. The second-order valence-corrected chi connectivity index (χ2v) is 8.16. The highest BCUT2D eigenvalue weighted by molar-refractivity contribution is 7.91. The van der Waals surface area contributed by atoms with E-state index in [0.717, 1.165) is 5.56 Å². The molecule has 3 nitrogen and oxygen atoms in total. The van der Waals surface area contributed by atoms with Crippen LogP contribution in [-0.4, -0.2) is 25.7 Å². The molecule has 0 spiro atoms. The molecule has 0 heterocycles. The zero-order chi connectivity index (χ0) is 14.3. The molecule has 0 aromatic heterocycles. The number of carbonyl (C=O) groups is 1. The van der Waals surface area contributed by atoms with Gasteiger partial charge in [0.2, 0.25) is 0 Å². The van der Waals surface area contributed by atoms with Crippen molar-refractivity contribution in [2.45, 2.75) is 36.9 Å². The van der Waals surface area contributed by atoms with Crippen LogP contribution in [0.4, 0.5) is 0 Å². The molecule has 2 unspecified atom stereocenters. The molecule has 1 aromatic rings.